The Morgan fingerprint density at radius 3 is 2.42 bits per heavy atom. The van der Waals surface area contributed by atoms with Crippen molar-refractivity contribution in [3.63, 3.8) is 0 Å². The topological polar surface area (TPSA) is 75.7 Å². The average Bonchev–Trinajstić information content (AvgIpc) is 3.07. The number of nitrogens with one attached hydrogen (secondary N) is 1. The first-order valence-corrected chi connectivity index (χ1v) is 12.6. The zero-order valence-electron chi connectivity index (χ0n) is 18.9. The molecule has 1 aliphatic rings. The molecule has 1 aliphatic heterocycles. The zero-order valence-corrected chi connectivity index (χ0v) is 22.0. The number of benzene rings is 3. The minimum absolute atomic E-state index is 0.145. The Kier molecular flexibility index (Phi) is 8.26. The largest absolute Gasteiger partial charge is 0.486 e. The molecule has 0 atom stereocenters. The molecule has 184 valence electrons. The van der Waals surface area contributed by atoms with Gasteiger partial charge in [-0.1, -0.05) is 76.8 Å². The van der Waals surface area contributed by atoms with Crippen LogP contribution in [0.5, 0.6) is 5.75 Å². The molecule has 3 amide bonds. The number of rotatable bonds is 7. The number of hydrogen-bond donors (Lipinski definition) is 1. The number of ether oxygens (including phenoxy) is 1. The molecule has 0 bridgehead atoms. The van der Waals surface area contributed by atoms with E-state index in [-0.39, 0.29) is 21.6 Å². The van der Waals surface area contributed by atoms with Crippen molar-refractivity contribution in [3.8, 4) is 5.75 Å². The van der Waals surface area contributed by atoms with Crippen LogP contribution in [0, 0.1) is 6.92 Å². The Hall–Kier alpha value is -2.97. The first-order valence-electron chi connectivity index (χ1n) is 10.7. The van der Waals surface area contributed by atoms with Crippen LogP contribution < -0.4 is 10.1 Å². The molecule has 1 saturated heterocycles. The van der Waals surface area contributed by atoms with Crippen molar-refractivity contribution in [1.82, 2.24) is 4.90 Å². The predicted molar refractivity (Wildman–Crippen MR) is 145 cm³/mol. The number of halogens is 3. The van der Waals surface area contributed by atoms with E-state index in [1.165, 1.54) is 6.08 Å². The highest BCUT2D eigenvalue weighted by Gasteiger charge is 2.36. The second kappa shape index (κ2) is 11.4. The van der Waals surface area contributed by atoms with Gasteiger partial charge in [0.25, 0.3) is 11.1 Å². The Bertz CT molecular complexity index is 1370. The summed E-state index contributed by atoms with van der Waals surface area (Å²) in [6.07, 6.45) is 1.50. The van der Waals surface area contributed by atoms with Gasteiger partial charge in [0.05, 0.1) is 25.7 Å². The van der Waals surface area contributed by atoms with E-state index in [1.54, 1.807) is 36.4 Å². The normalized spacial score (nSPS) is 14.4. The molecule has 3 aromatic carbocycles. The number of anilines is 1. The summed E-state index contributed by atoms with van der Waals surface area (Å²) in [7, 11) is 0. The third kappa shape index (κ3) is 6.23. The van der Waals surface area contributed by atoms with Gasteiger partial charge in [-0.25, -0.2) is 0 Å². The van der Waals surface area contributed by atoms with Gasteiger partial charge in [0.15, 0.2) is 5.75 Å². The molecule has 0 spiro atoms. The van der Waals surface area contributed by atoms with Crippen molar-refractivity contribution >= 4 is 75.4 Å². The lowest BCUT2D eigenvalue weighted by molar-refractivity contribution is -0.127. The van der Waals surface area contributed by atoms with Crippen LogP contribution in [-0.4, -0.2) is 28.5 Å². The van der Waals surface area contributed by atoms with Gasteiger partial charge in [-0.2, -0.15) is 0 Å². The van der Waals surface area contributed by atoms with Gasteiger partial charge in [-0.3, -0.25) is 19.3 Å². The molecule has 1 heterocycles. The lowest BCUT2D eigenvalue weighted by Crippen LogP contribution is -2.36. The lowest BCUT2D eigenvalue weighted by Gasteiger charge is -2.13. The Balaban J connectivity index is 1.44. The van der Waals surface area contributed by atoms with Crippen molar-refractivity contribution < 1.29 is 19.1 Å². The number of para-hydroxylation sites is 1. The van der Waals surface area contributed by atoms with E-state index in [4.69, 9.17) is 39.5 Å². The highest BCUT2D eigenvalue weighted by molar-refractivity contribution is 8.18. The molecule has 1 fully saturated rings. The maximum Gasteiger partial charge on any atom is 0.294 e. The molecule has 6 nitrogen and oxygen atoms in total. The Labute approximate surface area is 227 Å². The van der Waals surface area contributed by atoms with E-state index >= 15 is 0 Å². The maximum atomic E-state index is 12.8. The monoisotopic (exact) mass is 560 g/mol. The number of amides is 3. The van der Waals surface area contributed by atoms with Crippen LogP contribution >= 0.6 is 46.6 Å². The highest BCUT2D eigenvalue weighted by atomic mass is 35.5. The van der Waals surface area contributed by atoms with Crippen LogP contribution in [-0.2, 0) is 16.2 Å². The summed E-state index contributed by atoms with van der Waals surface area (Å²) in [5.41, 5.74) is 2.98. The van der Waals surface area contributed by atoms with E-state index in [2.05, 4.69) is 5.32 Å². The van der Waals surface area contributed by atoms with Gasteiger partial charge in [0.1, 0.15) is 13.2 Å². The molecular weight excluding hydrogens is 543 g/mol. The van der Waals surface area contributed by atoms with Crippen molar-refractivity contribution in [2.45, 2.75) is 13.5 Å². The molecule has 1 N–H and O–H groups in total. The Morgan fingerprint density at radius 2 is 1.72 bits per heavy atom. The summed E-state index contributed by atoms with van der Waals surface area (Å²) in [6.45, 7) is 1.83. The van der Waals surface area contributed by atoms with Gasteiger partial charge in [-0.15, -0.1) is 0 Å². The molecule has 0 aliphatic carbocycles. The molecule has 4 rings (SSSR count). The number of imide groups is 1. The van der Waals surface area contributed by atoms with E-state index in [1.807, 2.05) is 31.2 Å². The van der Waals surface area contributed by atoms with Crippen LogP contribution in [0.2, 0.25) is 15.1 Å². The molecule has 0 aromatic heterocycles. The smallest absolute Gasteiger partial charge is 0.294 e. The fourth-order valence-electron chi connectivity index (χ4n) is 3.44. The van der Waals surface area contributed by atoms with E-state index in [0.29, 0.717) is 22.0 Å². The number of nitrogens with zero attached hydrogens (tertiary/aromatic N) is 1. The number of aryl methyl sites for hydroxylation is 1. The fourth-order valence-corrected chi connectivity index (χ4v) is 5.08. The van der Waals surface area contributed by atoms with Gasteiger partial charge >= 0.3 is 0 Å². The first-order chi connectivity index (χ1) is 17.2. The number of carbonyl (C=O) groups is 3. The minimum Gasteiger partial charge on any atom is -0.486 e. The summed E-state index contributed by atoms with van der Waals surface area (Å²) in [5, 5.41) is 2.91. The second-order valence-corrected chi connectivity index (χ2v) is 10.1. The average molecular weight is 562 g/mol. The summed E-state index contributed by atoms with van der Waals surface area (Å²) in [6, 6.07) is 17.7. The first kappa shape index (κ1) is 26.1. The fraction of sp³-hybridized carbons (Fsp3) is 0.115. The predicted octanol–water partition coefficient (Wildman–Crippen LogP) is 7.21. The molecular formula is C26H19Cl3N2O4S. The Morgan fingerprint density at radius 1 is 1.00 bits per heavy atom. The van der Waals surface area contributed by atoms with Crippen molar-refractivity contribution in [3.05, 3.63) is 97.3 Å². The van der Waals surface area contributed by atoms with E-state index < -0.39 is 23.6 Å². The van der Waals surface area contributed by atoms with Crippen LogP contribution in [0.1, 0.15) is 16.7 Å². The number of thioether (sulfide) groups is 1. The van der Waals surface area contributed by atoms with Gasteiger partial charge in [0, 0.05) is 0 Å². The van der Waals surface area contributed by atoms with Gasteiger partial charge < -0.3 is 10.1 Å². The molecule has 0 unspecified atom stereocenters. The molecule has 0 radical (unpaired) electrons. The van der Waals surface area contributed by atoms with E-state index in [9.17, 15) is 14.4 Å². The van der Waals surface area contributed by atoms with Crippen molar-refractivity contribution in [2.75, 3.05) is 11.9 Å². The van der Waals surface area contributed by atoms with Crippen molar-refractivity contribution in [2.24, 2.45) is 0 Å². The second-order valence-electron chi connectivity index (χ2n) is 7.89. The number of hydrogen-bond acceptors (Lipinski definition) is 5. The molecule has 0 saturated carbocycles. The van der Waals surface area contributed by atoms with Crippen LogP contribution in [0.4, 0.5) is 10.5 Å². The third-order valence-corrected chi connectivity index (χ3v) is 6.91. The zero-order chi connectivity index (χ0) is 25.8. The van der Waals surface area contributed by atoms with Crippen LogP contribution in [0.25, 0.3) is 6.08 Å². The third-order valence-electron chi connectivity index (χ3n) is 5.11. The van der Waals surface area contributed by atoms with Crippen LogP contribution in [0.3, 0.4) is 0 Å². The van der Waals surface area contributed by atoms with Gasteiger partial charge in [0.2, 0.25) is 5.91 Å². The quantitative estimate of drug-likeness (QED) is 0.309. The SMILES string of the molecule is Cc1cccc(COc2c(Cl)cc(/C=C3/SC(=O)N(CC(=O)Nc4ccccc4Cl)C3=O)cc2Cl)c1. The molecule has 3 aromatic rings. The van der Waals surface area contributed by atoms with Crippen LogP contribution in [0.15, 0.2) is 65.6 Å². The minimum atomic E-state index is -0.591. The van der Waals surface area contributed by atoms with E-state index in [0.717, 1.165) is 27.8 Å². The lowest BCUT2D eigenvalue weighted by atomic mass is 10.1. The van der Waals surface area contributed by atoms with Crippen molar-refractivity contribution in [1.29, 1.82) is 0 Å². The summed E-state index contributed by atoms with van der Waals surface area (Å²) < 4.78 is 5.82. The molecule has 10 heteroatoms. The summed E-state index contributed by atoms with van der Waals surface area (Å²) in [5.74, 6) is -0.819. The number of carbonyl (C=O) groups excluding carboxylic acids is 3. The summed E-state index contributed by atoms with van der Waals surface area (Å²) >= 11 is 19.6. The van der Waals surface area contributed by atoms with Gasteiger partial charge in [-0.05, 0) is 60.2 Å². The highest BCUT2D eigenvalue weighted by Crippen LogP contribution is 2.38. The maximum absolute atomic E-state index is 12.8. The standard InChI is InChI=1S/C26H19Cl3N2O4S/c1-15-5-4-6-16(9-15)14-35-24-19(28)10-17(11-20(24)29)12-22-25(33)31(26(34)36-22)13-23(32)30-21-8-3-2-7-18(21)27/h2-12H,13-14H2,1H3,(H,30,32)/b22-12+. The molecule has 36 heavy (non-hydrogen) atoms. The summed E-state index contributed by atoms with van der Waals surface area (Å²) in [4.78, 5) is 38.6.